The molecular weight excluding hydrogens is 1350 g/mol. The molecule has 104 heavy (non-hydrogen) atoms. The van der Waals surface area contributed by atoms with E-state index in [1.165, 1.54) is 30.6 Å². The minimum atomic E-state index is -4.24. The molecular formula is C75H103N16O12S-. The van der Waals surface area contributed by atoms with Gasteiger partial charge in [-0.2, -0.15) is 0 Å². The Morgan fingerprint density at radius 1 is 0.615 bits per heavy atom. The van der Waals surface area contributed by atoms with Crippen LogP contribution in [0, 0.1) is 24.7 Å². The summed E-state index contributed by atoms with van der Waals surface area (Å²) in [6, 6.07) is 33.1. The number of likely N-dealkylation sites (N-methyl/N-ethyl adjacent to an activating group) is 1. The van der Waals surface area contributed by atoms with Crippen LogP contribution in [-0.2, 0) is 58.9 Å². The van der Waals surface area contributed by atoms with Crippen LogP contribution < -0.4 is 41.3 Å². The number of pyridine rings is 2. The van der Waals surface area contributed by atoms with Gasteiger partial charge in [0.25, 0.3) is 23.6 Å². The van der Waals surface area contributed by atoms with E-state index in [1.54, 1.807) is 60.1 Å². The molecule has 4 amide bonds. The van der Waals surface area contributed by atoms with Crippen molar-refractivity contribution >= 4 is 51.1 Å². The molecule has 8 bridgehead atoms. The molecule has 28 nitrogen and oxygen atoms in total. The van der Waals surface area contributed by atoms with Crippen LogP contribution in [0.15, 0.2) is 122 Å². The molecule has 0 radical (unpaired) electrons. The Labute approximate surface area is 610 Å². The number of carboxylic acid groups (broad SMARTS) is 1. The first kappa shape index (κ1) is 80.6. The minimum absolute atomic E-state index is 0.175. The maximum atomic E-state index is 12.7. The van der Waals surface area contributed by atoms with Gasteiger partial charge in [-0.05, 0) is 129 Å². The lowest BCUT2D eigenvalue weighted by Crippen LogP contribution is -2.64. The second-order valence-corrected chi connectivity index (χ2v) is 30.1. The topological polar surface area (TPSA) is 360 Å². The van der Waals surface area contributed by atoms with Gasteiger partial charge in [0.2, 0.25) is 0 Å². The van der Waals surface area contributed by atoms with E-state index < -0.39 is 46.6 Å². The minimum Gasteiger partial charge on any atom is -0.851 e. The third-order valence-electron chi connectivity index (χ3n) is 19.2. The van der Waals surface area contributed by atoms with Crippen molar-refractivity contribution in [3.8, 4) is 0 Å². The zero-order valence-electron chi connectivity index (χ0n) is 61.2. The molecule has 0 saturated heterocycles. The number of aromatic nitrogens is 8. The highest BCUT2D eigenvalue weighted by atomic mass is 32.2. The Hall–Kier alpha value is -9.10. The first-order chi connectivity index (χ1) is 49.6. The molecule has 562 valence electrons. The van der Waals surface area contributed by atoms with Crippen molar-refractivity contribution in [3.05, 3.63) is 178 Å². The van der Waals surface area contributed by atoms with Gasteiger partial charge in [0.05, 0.1) is 83.5 Å². The van der Waals surface area contributed by atoms with Gasteiger partial charge < -0.3 is 64.6 Å². The zero-order valence-corrected chi connectivity index (χ0v) is 62.0. The summed E-state index contributed by atoms with van der Waals surface area (Å²) in [6.45, 7) is 17.0. The van der Waals surface area contributed by atoms with Crippen molar-refractivity contribution in [2.75, 3.05) is 109 Å². The molecule has 29 heteroatoms. The van der Waals surface area contributed by atoms with E-state index in [4.69, 9.17) is 9.84 Å². The van der Waals surface area contributed by atoms with Gasteiger partial charge in [0, 0.05) is 75.9 Å². The molecule has 2 aliphatic carbocycles. The van der Waals surface area contributed by atoms with Crippen LogP contribution >= 0.6 is 0 Å². The molecule has 13 rings (SSSR count). The number of aryl methyl sites for hydroxylation is 1. The monoisotopic (exact) mass is 1450 g/mol. The Balaban J connectivity index is 0.000000203. The number of ether oxygens (including phenoxy) is 1. The van der Waals surface area contributed by atoms with Crippen molar-refractivity contribution in [2.24, 2.45) is 17.8 Å². The predicted molar refractivity (Wildman–Crippen MR) is 389 cm³/mol. The van der Waals surface area contributed by atoms with Crippen LogP contribution in [0.4, 0.5) is 11.4 Å². The number of carboxylic acids is 1. The number of rotatable bonds is 26. The van der Waals surface area contributed by atoms with E-state index in [0.29, 0.717) is 62.1 Å². The quantitative estimate of drug-likeness (QED) is 0.0279. The lowest BCUT2D eigenvalue weighted by atomic mass is 9.67. The van der Waals surface area contributed by atoms with Gasteiger partial charge in [0.1, 0.15) is 53.9 Å². The number of amides is 4. The second kappa shape index (κ2) is 38.6. The summed E-state index contributed by atoms with van der Waals surface area (Å²) >= 11 is 0. The molecule has 6 aliphatic rings. The normalized spacial score (nSPS) is 18.8. The zero-order chi connectivity index (χ0) is 75.0. The smallest absolute Gasteiger partial charge is 0.329 e. The lowest BCUT2D eigenvalue weighted by molar-refractivity contribution is -0.904. The number of benzene rings is 3. The maximum absolute atomic E-state index is 12.7. The highest BCUT2D eigenvalue weighted by Crippen LogP contribution is 2.39. The van der Waals surface area contributed by atoms with Crippen LogP contribution in [-0.4, -0.2) is 208 Å². The summed E-state index contributed by atoms with van der Waals surface area (Å²) in [4.78, 5) is 74.6. The van der Waals surface area contributed by atoms with E-state index in [-0.39, 0.29) is 78.4 Å². The molecule has 5 N–H and O–H groups in total. The van der Waals surface area contributed by atoms with Gasteiger partial charge in [-0.25, -0.2) is 23.2 Å². The van der Waals surface area contributed by atoms with E-state index in [1.807, 2.05) is 66.3 Å². The van der Waals surface area contributed by atoms with E-state index in [2.05, 4.69) is 122 Å². The van der Waals surface area contributed by atoms with Crippen LogP contribution in [0.3, 0.4) is 0 Å². The van der Waals surface area contributed by atoms with Gasteiger partial charge >= 0.3 is 5.97 Å². The Bertz CT molecular complexity index is 3900. The molecule has 2 fully saturated rings. The van der Waals surface area contributed by atoms with Gasteiger partial charge in [-0.1, -0.05) is 103 Å². The van der Waals surface area contributed by atoms with Crippen LogP contribution in [0.25, 0.3) is 0 Å². The fourth-order valence-corrected chi connectivity index (χ4v) is 13.3. The first-order valence-corrected chi connectivity index (χ1v) is 37.5. The average Bonchev–Trinajstić information content (AvgIpc) is 0.900. The standard InChI is InChI=1S/C30H32N6O4.C25H38N5O8S.C20H34N5/c37-27-23-3-1-4-24(35-23)28(38)32-16-20-9-13-22(14-10-20)18-34-30(40)26-6-2-5-25(36-26)29(39)33-17-21-11-7-19(8-12-21)15-31-27;1-18-24(33)23(25(18)34)19-5-7-21(8-6-19)28(11-13-38-17-22(31)32)9-10-29-15-20(26-27-29)16-30(2,3)12-4-14-39(35,36)37;1-6-8-15-25(4,5)17-19-16-24(22-21-19)14-13-23(7-2)20-11-9-18(3)10-12-20/h1-8,11-12,20,22H,9-10,13-18H2,(H,31,37)(H,32,38)(H,33,39)(H,34,40);5-8,15,18,23-25H,4,9-14,16-17H2,1-3H3,(H,31,32)(H,35,36,37);9-12,16H,6-8,13-15,17H2,1-5H3/q;-1;+1/p-1. The SMILES string of the molecule is CC1C([O-])C(c2ccc(N(CCOCC(=O)O)CCn3cc(C[N+](C)(C)CCCS(=O)(=O)[O-])nn3)cc2)C1[O-].CCCC[N+](C)(C)Cc1cn(CCN(CC)c2ccc(C)cc2)nn1.O=C1NCc2ccc(cc2)CNC(=O)c2cccc(n2)C(=O)NCC2CCC(CC2)CNC(=O)c2cccc1n2. The number of nitrogens with one attached hydrogen (secondary N) is 4. The van der Waals surface area contributed by atoms with Gasteiger partial charge in [0.15, 0.2) is 0 Å². The number of quaternary nitrogens is 2. The van der Waals surface area contributed by atoms with E-state index >= 15 is 0 Å². The number of aliphatic carboxylic acids is 1. The molecule has 2 saturated carbocycles. The number of carbonyl (C=O) groups excluding carboxylic acids is 4. The largest absolute Gasteiger partial charge is 0.851 e. The average molecular weight is 1450 g/mol. The fourth-order valence-electron chi connectivity index (χ4n) is 12.9. The summed E-state index contributed by atoms with van der Waals surface area (Å²) in [5.74, 6) is -3.04. The number of nitrogens with zero attached hydrogens (tertiary/aromatic N) is 12. The van der Waals surface area contributed by atoms with Crippen LogP contribution in [0.1, 0.15) is 147 Å². The summed E-state index contributed by atoms with van der Waals surface area (Å²) in [7, 11) is 4.14. The summed E-state index contributed by atoms with van der Waals surface area (Å²) < 4.78 is 42.9. The molecule has 3 aromatic carbocycles. The van der Waals surface area contributed by atoms with Gasteiger partial charge in [-0.3, -0.25) is 28.5 Å². The molecule has 8 heterocycles. The summed E-state index contributed by atoms with van der Waals surface area (Å²) in [5.41, 5.74) is 8.43. The molecule has 7 aromatic rings. The summed E-state index contributed by atoms with van der Waals surface area (Å²) in [6.07, 6.45) is 8.61. The number of anilines is 2. The number of unbranched alkanes of at least 4 members (excludes halogenated alkanes) is 1. The third-order valence-corrected chi connectivity index (χ3v) is 19.9. The van der Waals surface area contributed by atoms with Crippen molar-refractivity contribution < 1.29 is 66.0 Å². The predicted octanol–water partition coefficient (Wildman–Crippen LogP) is 4.69. The Morgan fingerprint density at radius 3 is 1.49 bits per heavy atom. The Morgan fingerprint density at radius 2 is 1.05 bits per heavy atom. The Kier molecular flexibility index (Phi) is 29.9. The van der Waals surface area contributed by atoms with Crippen LogP contribution in [0.5, 0.6) is 0 Å². The first-order valence-electron chi connectivity index (χ1n) is 35.9. The molecule has 4 aliphatic heterocycles. The van der Waals surface area contributed by atoms with Crippen LogP contribution in [0.2, 0.25) is 0 Å². The van der Waals surface area contributed by atoms with E-state index in [0.717, 1.165) is 90.1 Å². The molecule has 2 unspecified atom stereocenters. The van der Waals surface area contributed by atoms with Gasteiger partial charge in [-0.15, -0.1) is 22.4 Å². The molecule has 0 spiro atoms. The van der Waals surface area contributed by atoms with E-state index in [9.17, 15) is 47.2 Å². The number of hydrogen-bond acceptors (Lipinski definition) is 19. The van der Waals surface area contributed by atoms with Crippen molar-refractivity contribution in [2.45, 2.75) is 130 Å². The summed E-state index contributed by atoms with van der Waals surface area (Å²) in [5, 5.41) is 62.0. The highest BCUT2D eigenvalue weighted by molar-refractivity contribution is 7.85. The third kappa shape index (κ3) is 25.6. The fraction of sp³-hybridized carbons (Fsp3) is 0.507. The lowest BCUT2D eigenvalue weighted by Gasteiger charge is -2.60. The van der Waals surface area contributed by atoms with Crippen molar-refractivity contribution in [1.82, 2.24) is 61.2 Å². The maximum Gasteiger partial charge on any atom is 0.329 e. The number of hydrogen-bond donors (Lipinski definition) is 5. The highest BCUT2D eigenvalue weighted by Gasteiger charge is 2.34. The van der Waals surface area contributed by atoms with Crippen molar-refractivity contribution in [3.63, 3.8) is 0 Å². The second-order valence-electron chi connectivity index (χ2n) is 28.6. The molecule has 4 aromatic heterocycles. The number of carbonyl (C=O) groups is 5. The van der Waals surface area contributed by atoms with Crippen molar-refractivity contribution in [1.29, 1.82) is 0 Å². The molecule has 2 atom stereocenters.